The maximum absolute atomic E-state index is 6.09. The standard InChI is InChI=1S/C17H14ClN7/c18-15-14-16(21-7-20-15)25(8-22-14)10-5-9(6-10)13-11-3-1-2-4-12(11)23-17(19)24-13/h1-4,7-10H,5-6H2,(H2,19,23,24). The summed E-state index contributed by atoms with van der Waals surface area (Å²) in [5, 5.41) is 1.45. The molecular weight excluding hydrogens is 338 g/mol. The van der Waals surface area contributed by atoms with E-state index in [2.05, 4.69) is 35.6 Å². The summed E-state index contributed by atoms with van der Waals surface area (Å²) in [5.41, 5.74) is 9.22. The van der Waals surface area contributed by atoms with Crippen molar-refractivity contribution in [3.63, 3.8) is 0 Å². The van der Waals surface area contributed by atoms with Crippen LogP contribution in [0.5, 0.6) is 0 Å². The molecular formula is C17H14ClN7. The molecule has 3 aromatic heterocycles. The zero-order valence-electron chi connectivity index (χ0n) is 13.2. The highest BCUT2D eigenvalue weighted by Crippen LogP contribution is 2.46. The van der Waals surface area contributed by atoms with Gasteiger partial charge in [-0.2, -0.15) is 0 Å². The van der Waals surface area contributed by atoms with E-state index in [1.807, 2.05) is 18.2 Å². The molecule has 1 aliphatic carbocycles. The molecule has 8 heteroatoms. The van der Waals surface area contributed by atoms with Gasteiger partial charge in [0.05, 0.1) is 17.5 Å². The summed E-state index contributed by atoms with van der Waals surface area (Å²) in [6.45, 7) is 0. The fraction of sp³-hybridized carbons (Fsp3) is 0.235. The molecule has 0 amide bonds. The molecule has 3 heterocycles. The highest BCUT2D eigenvalue weighted by molar-refractivity contribution is 6.33. The second kappa shape index (κ2) is 5.35. The number of nitrogens with zero attached hydrogens (tertiary/aromatic N) is 6. The van der Waals surface area contributed by atoms with Crippen molar-refractivity contribution in [2.75, 3.05) is 5.73 Å². The quantitative estimate of drug-likeness (QED) is 0.557. The van der Waals surface area contributed by atoms with E-state index in [9.17, 15) is 0 Å². The number of nitrogens with two attached hydrogens (primary N) is 1. The third-order valence-electron chi connectivity index (χ3n) is 4.86. The monoisotopic (exact) mass is 351 g/mol. The Morgan fingerprint density at radius 1 is 1.08 bits per heavy atom. The van der Waals surface area contributed by atoms with Gasteiger partial charge in [0, 0.05) is 17.3 Å². The van der Waals surface area contributed by atoms with Gasteiger partial charge in [-0.15, -0.1) is 0 Å². The molecule has 2 N–H and O–H groups in total. The summed E-state index contributed by atoms with van der Waals surface area (Å²) in [6, 6.07) is 8.30. The van der Waals surface area contributed by atoms with Crippen LogP contribution in [0.3, 0.4) is 0 Å². The van der Waals surface area contributed by atoms with Gasteiger partial charge in [-0.05, 0) is 18.9 Å². The van der Waals surface area contributed by atoms with E-state index in [-0.39, 0.29) is 0 Å². The van der Waals surface area contributed by atoms with Gasteiger partial charge >= 0.3 is 0 Å². The number of hydrogen-bond acceptors (Lipinski definition) is 6. The molecule has 0 radical (unpaired) electrons. The Morgan fingerprint density at radius 2 is 1.92 bits per heavy atom. The SMILES string of the molecule is Nc1nc(C2CC(n3cnc4c(Cl)ncnc43)C2)c2ccccc2n1. The zero-order valence-corrected chi connectivity index (χ0v) is 13.9. The molecule has 7 nitrogen and oxygen atoms in total. The fourth-order valence-electron chi connectivity index (χ4n) is 3.56. The summed E-state index contributed by atoms with van der Waals surface area (Å²) >= 11 is 6.09. The van der Waals surface area contributed by atoms with Crippen molar-refractivity contribution in [3.8, 4) is 0 Å². The number of nitrogen functional groups attached to an aromatic ring is 1. The number of anilines is 1. The first-order chi connectivity index (χ1) is 12.2. The molecule has 0 atom stereocenters. The molecule has 1 saturated carbocycles. The molecule has 4 aromatic rings. The predicted octanol–water partition coefficient (Wildman–Crippen LogP) is 3.12. The molecule has 124 valence electrons. The molecule has 0 spiro atoms. The average Bonchev–Trinajstić information content (AvgIpc) is 2.99. The van der Waals surface area contributed by atoms with Crippen LogP contribution in [0.15, 0.2) is 36.9 Å². The Morgan fingerprint density at radius 3 is 2.80 bits per heavy atom. The van der Waals surface area contributed by atoms with Crippen LogP contribution in [0.1, 0.15) is 30.5 Å². The van der Waals surface area contributed by atoms with Crippen LogP contribution in [0.2, 0.25) is 5.15 Å². The van der Waals surface area contributed by atoms with Gasteiger partial charge < -0.3 is 10.3 Å². The number of aromatic nitrogens is 6. The Bertz CT molecular complexity index is 1100. The van der Waals surface area contributed by atoms with Crippen molar-refractivity contribution in [2.24, 2.45) is 0 Å². The van der Waals surface area contributed by atoms with Gasteiger partial charge in [-0.1, -0.05) is 29.8 Å². The normalized spacial score (nSPS) is 20.0. The van der Waals surface area contributed by atoms with Crippen LogP contribution < -0.4 is 5.73 Å². The topological polar surface area (TPSA) is 95.4 Å². The van der Waals surface area contributed by atoms with Crippen molar-refractivity contribution in [3.05, 3.63) is 47.8 Å². The number of fused-ring (bicyclic) bond motifs is 2. The number of hydrogen-bond donors (Lipinski definition) is 1. The molecule has 25 heavy (non-hydrogen) atoms. The molecule has 1 aliphatic rings. The Kier molecular flexibility index (Phi) is 3.11. The lowest BCUT2D eigenvalue weighted by Crippen LogP contribution is -2.26. The van der Waals surface area contributed by atoms with Crippen LogP contribution in [0.4, 0.5) is 5.95 Å². The number of halogens is 1. The largest absolute Gasteiger partial charge is 0.368 e. The van der Waals surface area contributed by atoms with E-state index in [4.69, 9.17) is 17.3 Å². The summed E-state index contributed by atoms with van der Waals surface area (Å²) in [7, 11) is 0. The smallest absolute Gasteiger partial charge is 0.220 e. The molecule has 0 saturated heterocycles. The fourth-order valence-corrected chi connectivity index (χ4v) is 3.74. The molecule has 0 unspecified atom stereocenters. The van der Waals surface area contributed by atoms with Gasteiger partial charge in [0.25, 0.3) is 0 Å². The number of rotatable bonds is 2. The van der Waals surface area contributed by atoms with E-state index in [0.717, 1.165) is 35.1 Å². The van der Waals surface area contributed by atoms with E-state index in [0.29, 0.717) is 28.6 Å². The lowest BCUT2D eigenvalue weighted by Gasteiger charge is -2.36. The molecule has 0 bridgehead atoms. The maximum Gasteiger partial charge on any atom is 0.220 e. The maximum atomic E-state index is 6.09. The molecule has 1 fully saturated rings. The van der Waals surface area contributed by atoms with Crippen LogP contribution in [-0.4, -0.2) is 29.5 Å². The van der Waals surface area contributed by atoms with Gasteiger partial charge in [0.1, 0.15) is 11.8 Å². The van der Waals surface area contributed by atoms with Crippen molar-refractivity contribution >= 4 is 39.6 Å². The third-order valence-corrected chi connectivity index (χ3v) is 5.13. The highest BCUT2D eigenvalue weighted by Gasteiger charge is 2.35. The summed E-state index contributed by atoms with van der Waals surface area (Å²) in [4.78, 5) is 21.5. The van der Waals surface area contributed by atoms with Crippen LogP contribution >= 0.6 is 11.6 Å². The van der Waals surface area contributed by atoms with Crippen molar-refractivity contribution < 1.29 is 0 Å². The molecule has 0 aliphatic heterocycles. The minimum atomic E-state index is 0.316. The van der Waals surface area contributed by atoms with Gasteiger partial charge in [0.2, 0.25) is 5.95 Å². The van der Waals surface area contributed by atoms with E-state index in [1.165, 1.54) is 6.33 Å². The zero-order chi connectivity index (χ0) is 17.0. The van der Waals surface area contributed by atoms with Crippen LogP contribution in [-0.2, 0) is 0 Å². The van der Waals surface area contributed by atoms with Crippen molar-refractivity contribution in [1.82, 2.24) is 29.5 Å². The summed E-state index contributed by atoms with van der Waals surface area (Å²) in [6.07, 6.45) is 5.16. The second-order valence-corrected chi connectivity index (χ2v) is 6.65. The van der Waals surface area contributed by atoms with E-state index >= 15 is 0 Å². The average molecular weight is 352 g/mol. The third kappa shape index (κ3) is 2.23. The Balaban J connectivity index is 1.48. The van der Waals surface area contributed by atoms with Crippen molar-refractivity contribution in [1.29, 1.82) is 0 Å². The van der Waals surface area contributed by atoms with Crippen molar-refractivity contribution in [2.45, 2.75) is 24.8 Å². The van der Waals surface area contributed by atoms with E-state index < -0.39 is 0 Å². The lowest BCUT2D eigenvalue weighted by molar-refractivity contribution is 0.266. The minimum Gasteiger partial charge on any atom is -0.368 e. The first kappa shape index (κ1) is 14.5. The second-order valence-electron chi connectivity index (χ2n) is 6.29. The Labute approximate surface area is 147 Å². The minimum absolute atomic E-state index is 0.316. The summed E-state index contributed by atoms with van der Waals surface area (Å²) < 4.78 is 2.08. The first-order valence-electron chi connectivity index (χ1n) is 8.06. The Hall–Kier alpha value is -2.80. The van der Waals surface area contributed by atoms with Gasteiger partial charge in [-0.25, -0.2) is 24.9 Å². The lowest BCUT2D eigenvalue weighted by atomic mass is 9.77. The van der Waals surface area contributed by atoms with Crippen LogP contribution in [0, 0.1) is 0 Å². The predicted molar refractivity (Wildman–Crippen MR) is 95.3 cm³/mol. The number of imidazole rings is 1. The van der Waals surface area contributed by atoms with Gasteiger partial charge in [0.15, 0.2) is 10.8 Å². The first-order valence-corrected chi connectivity index (χ1v) is 8.43. The highest BCUT2D eigenvalue weighted by atomic mass is 35.5. The summed E-state index contributed by atoms with van der Waals surface area (Å²) in [5.74, 6) is 0.666. The van der Waals surface area contributed by atoms with Crippen LogP contribution in [0.25, 0.3) is 22.1 Å². The van der Waals surface area contributed by atoms with Gasteiger partial charge in [-0.3, -0.25) is 0 Å². The molecule has 1 aromatic carbocycles. The molecule has 5 rings (SSSR count). The number of benzene rings is 1. The van der Waals surface area contributed by atoms with E-state index in [1.54, 1.807) is 6.33 Å². The number of para-hydroxylation sites is 1.